The number of carbonyl (C=O) groups excluding carboxylic acids is 2. The number of nitrogens with zero attached hydrogens (tertiary/aromatic N) is 1. The highest BCUT2D eigenvalue weighted by Gasteiger charge is 2.38. The van der Waals surface area contributed by atoms with E-state index in [0.29, 0.717) is 0 Å². The molecule has 1 aromatic heterocycles. The van der Waals surface area contributed by atoms with E-state index in [9.17, 15) is 19.8 Å². The van der Waals surface area contributed by atoms with E-state index in [-0.39, 0.29) is 29.5 Å². The lowest BCUT2D eigenvalue weighted by Crippen LogP contribution is -2.47. The van der Waals surface area contributed by atoms with Crippen molar-refractivity contribution in [3.63, 3.8) is 0 Å². The number of amides is 1. The van der Waals surface area contributed by atoms with Crippen molar-refractivity contribution < 1.29 is 29.4 Å². The largest absolute Gasteiger partial charge is 0.492 e. The molecule has 174 valence electrons. The second-order valence-corrected chi connectivity index (χ2v) is 9.23. The lowest BCUT2D eigenvalue weighted by Gasteiger charge is -2.26. The molecule has 3 rings (SSSR count). The Labute approximate surface area is 188 Å². The van der Waals surface area contributed by atoms with Gasteiger partial charge in [0.1, 0.15) is 12.2 Å². The van der Waals surface area contributed by atoms with E-state index < -0.39 is 29.4 Å². The molecule has 0 spiro atoms. The van der Waals surface area contributed by atoms with Gasteiger partial charge in [-0.05, 0) is 52.0 Å². The molecule has 1 unspecified atom stereocenters. The number of alkyl carbamates (subject to hydrolysis) is 1. The van der Waals surface area contributed by atoms with Crippen LogP contribution in [0.5, 0.6) is 11.8 Å². The number of Topliss-reactive ketones (excluding diaryl/α,β-unsaturated/α-hetero) is 1. The van der Waals surface area contributed by atoms with Crippen LogP contribution in [-0.4, -0.2) is 38.5 Å². The third-order valence-corrected chi connectivity index (χ3v) is 5.59. The molecular weight excluding hydrogens is 412 g/mol. The molecule has 1 fully saturated rings. The molecule has 3 N–H and O–H groups in total. The highest BCUT2D eigenvalue weighted by atomic mass is 16.7. The zero-order chi connectivity index (χ0) is 23.5. The average molecular weight is 445 g/mol. The second kappa shape index (κ2) is 9.54. The molecule has 0 radical (unpaired) electrons. The lowest BCUT2D eigenvalue weighted by molar-refractivity contribution is 0.0468. The minimum atomic E-state index is -0.874. The van der Waals surface area contributed by atoms with Gasteiger partial charge in [0.25, 0.3) is 0 Å². The second-order valence-electron chi connectivity index (χ2n) is 9.23. The van der Waals surface area contributed by atoms with Crippen LogP contribution in [0.3, 0.4) is 0 Å². The molecule has 2 aromatic rings. The molecule has 1 amide bonds. The van der Waals surface area contributed by atoms with Crippen LogP contribution in [0.15, 0.2) is 30.3 Å². The average Bonchev–Trinajstić information content (AvgIpc) is 3.32. The van der Waals surface area contributed by atoms with E-state index in [1.165, 1.54) is 6.92 Å². The Kier molecular flexibility index (Phi) is 7.01. The number of aromatic nitrogens is 1. The first kappa shape index (κ1) is 23.5. The first-order valence-electron chi connectivity index (χ1n) is 10.9. The van der Waals surface area contributed by atoms with E-state index in [1.54, 1.807) is 20.8 Å². The van der Waals surface area contributed by atoms with Crippen molar-refractivity contribution in [2.24, 2.45) is 5.92 Å². The number of aromatic hydroxyl groups is 2. The maximum absolute atomic E-state index is 13.5. The molecule has 1 aliphatic rings. The highest BCUT2D eigenvalue weighted by Crippen LogP contribution is 2.36. The molecule has 1 aliphatic carbocycles. The Morgan fingerprint density at radius 2 is 1.75 bits per heavy atom. The van der Waals surface area contributed by atoms with E-state index in [0.717, 1.165) is 36.0 Å². The fourth-order valence-electron chi connectivity index (χ4n) is 4.04. The molecule has 1 saturated carbocycles. The van der Waals surface area contributed by atoms with Crippen LogP contribution in [-0.2, 0) is 11.3 Å². The Bertz CT molecular complexity index is 955. The Morgan fingerprint density at radius 1 is 1.12 bits per heavy atom. The molecule has 8 heteroatoms. The van der Waals surface area contributed by atoms with Crippen LogP contribution in [0, 0.1) is 12.8 Å². The van der Waals surface area contributed by atoms with Crippen molar-refractivity contribution in [2.45, 2.75) is 71.6 Å². The summed E-state index contributed by atoms with van der Waals surface area (Å²) in [6.45, 7) is 6.86. The summed E-state index contributed by atoms with van der Waals surface area (Å²) in [5.41, 5.74) is 0.247. The normalized spacial score (nSPS) is 15.4. The van der Waals surface area contributed by atoms with Gasteiger partial charge in [0.15, 0.2) is 5.78 Å². The van der Waals surface area contributed by atoms with E-state index in [1.807, 2.05) is 30.3 Å². The van der Waals surface area contributed by atoms with Gasteiger partial charge >= 0.3 is 6.09 Å². The zero-order valence-electron chi connectivity index (χ0n) is 19.1. The summed E-state index contributed by atoms with van der Waals surface area (Å²) < 4.78 is 6.20. The molecule has 1 atom stereocenters. The predicted molar refractivity (Wildman–Crippen MR) is 119 cm³/mol. The van der Waals surface area contributed by atoms with Crippen molar-refractivity contribution in [1.82, 2.24) is 10.0 Å². The van der Waals surface area contributed by atoms with Crippen LogP contribution in [0.2, 0.25) is 0 Å². The summed E-state index contributed by atoms with van der Waals surface area (Å²) in [7, 11) is 0. The van der Waals surface area contributed by atoms with Crippen molar-refractivity contribution in [2.75, 3.05) is 0 Å². The first-order valence-corrected chi connectivity index (χ1v) is 10.9. The van der Waals surface area contributed by atoms with E-state index in [2.05, 4.69) is 5.32 Å². The minimum absolute atomic E-state index is 0.0662. The maximum atomic E-state index is 13.5. The fourth-order valence-corrected chi connectivity index (χ4v) is 4.04. The smallest absolute Gasteiger partial charge is 0.408 e. The number of nitrogens with one attached hydrogen (secondary N) is 1. The number of hydrogen-bond donors (Lipinski definition) is 3. The highest BCUT2D eigenvalue weighted by molar-refractivity contribution is 6.05. The molecular formula is C24H32N2O6. The van der Waals surface area contributed by atoms with Crippen molar-refractivity contribution in [3.05, 3.63) is 47.0 Å². The summed E-state index contributed by atoms with van der Waals surface area (Å²) in [4.78, 5) is 31.5. The van der Waals surface area contributed by atoms with Gasteiger partial charge in [0.2, 0.25) is 11.8 Å². The number of rotatable bonds is 7. The number of ether oxygens (including phenoxy) is 1. The van der Waals surface area contributed by atoms with Crippen LogP contribution >= 0.6 is 0 Å². The molecule has 32 heavy (non-hydrogen) atoms. The van der Waals surface area contributed by atoms with Crippen LogP contribution in [0.25, 0.3) is 0 Å². The van der Waals surface area contributed by atoms with Gasteiger partial charge in [-0.1, -0.05) is 43.2 Å². The number of ketones is 1. The van der Waals surface area contributed by atoms with Crippen LogP contribution in [0.1, 0.15) is 67.9 Å². The maximum Gasteiger partial charge on any atom is 0.408 e. The molecule has 0 saturated heterocycles. The summed E-state index contributed by atoms with van der Waals surface area (Å²) in [5.74, 6) is -1.40. The molecule has 1 heterocycles. The third-order valence-electron chi connectivity index (χ3n) is 5.59. The van der Waals surface area contributed by atoms with Gasteiger partial charge in [-0.25, -0.2) is 4.79 Å². The first-order chi connectivity index (χ1) is 15.1. The summed E-state index contributed by atoms with van der Waals surface area (Å²) in [6, 6.07) is 8.39. The monoisotopic (exact) mass is 444 g/mol. The number of hydrogen-bond acceptors (Lipinski definition) is 6. The Balaban J connectivity index is 1.86. The standard InChI is InChI=1S/C24H32N2O6/c1-15-18(22(29)26(21(15)28)31-14-16-10-6-5-7-11-16)20(27)19(17-12-8-9-13-17)25-23(30)32-24(2,3)4/h5-7,10-11,17,19,28-29H,8-9,12-14H2,1-4H3,(H,25,30). The van der Waals surface area contributed by atoms with Gasteiger partial charge < -0.3 is 25.1 Å². The molecule has 1 aromatic carbocycles. The molecule has 8 nitrogen and oxygen atoms in total. The van der Waals surface area contributed by atoms with Crippen LogP contribution < -0.4 is 10.2 Å². The van der Waals surface area contributed by atoms with Gasteiger partial charge in [-0.2, -0.15) is 0 Å². The van der Waals surface area contributed by atoms with Crippen molar-refractivity contribution >= 4 is 11.9 Å². The van der Waals surface area contributed by atoms with Gasteiger partial charge in [-0.3, -0.25) is 4.79 Å². The fraction of sp³-hybridized carbons (Fsp3) is 0.500. The lowest BCUT2D eigenvalue weighted by atomic mass is 9.90. The summed E-state index contributed by atoms with van der Waals surface area (Å²) in [6.07, 6.45) is 2.79. The minimum Gasteiger partial charge on any atom is -0.492 e. The molecule has 0 aliphatic heterocycles. The van der Waals surface area contributed by atoms with Crippen molar-refractivity contribution in [1.29, 1.82) is 0 Å². The summed E-state index contributed by atoms with van der Waals surface area (Å²) >= 11 is 0. The Hall–Kier alpha value is -3.16. The predicted octanol–water partition coefficient (Wildman–Crippen LogP) is 4.10. The zero-order valence-corrected chi connectivity index (χ0v) is 19.1. The number of carbonyl (C=O) groups is 2. The third kappa shape index (κ3) is 5.36. The SMILES string of the molecule is Cc1c(C(=O)C(NC(=O)OC(C)(C)C)C2CCCC2)c(O)n(OCc2ccccc2)c1O. The summed E-state index contributed by atoms with van der Waals surface area (Å²) in [5, 5.41) is 24.0. The van der Waals surface area contributed by atoms with Crippen LogP contribution in [0.4, 0.5) is 4.79 Å². The quantitative estimate of drug-likeness (QED) is 0.555. The topological polar surface area (TPSA) is 110 Å². The Morgan fingerprint density at radius 3 is 2.34 bits per heavy atom. The van der Waals surface area contributed by atoms with E-state index >= 15 is 0 Å². The van der Waals surface area contributed by atoms with Gasteiger partial charge in [0, 0.05) is 5.56 Å². The van der Waals surface area contributed by atoms with Gasteiger partial charge in [-0.15, -0.1) is 4.73 Å². The van der Waals surface area contributed by atoms with E-state index in [4.69, 9.17) is 9.57 Å². The van der Waals surface area contributed by atoms with Gasteiger partial charge in [0.05, 0.1) is 11.6 Å². The van der Waals surface area contributed by atoms with Crippen molar-refractivity contribution in [3.8, 4) is 11.8 Å². The molecule has 0 bridgehead atoms. The number of benzene rings is 1.